The van der Waals surface area contributed by atoms with Gasteiger partial charge in [-0.2, -0.15) is 0 Å². The Hall–Kier alpha value is -1.71. The topological polar surface area (TPSA) is 24.9 Å². The molecule has 0 aliphatic heterocycles. The number of hydrogen-bond donors (Lipinski definition) is 1. The second kappa shape index (κ2) is 5.11. The van der Waals surface area contributed by atoms with Crippen LogP contribution in [-0.2, 0) is 0 Å². The van der Waals surface area contributed by atoms with Gasteiger partial charge in [0.05, 0.1) is 11.6 Å². The molecule has 3 heteroatoms. The Kier molecular flexibility index (Phi) is 3.32. The molecule has 0 saturated carbocycles. The summed E-state index contributed by atoms with van der Waals surface area (Å²) in [7, 11) is 2.01. The maximum atomic E-state index is 4.44. The SMILES string of the molecule is CNC(c1ccc2cccnc2c1)c1sccc1C. The first-order valence-electron chi connectivity index (χ1n) is 6.35. The van der Waals surface area contributed by atoms with E-state index in [-0.39, 0.29) is 6.04 Å². The van der Waals surface area contributed by atoms with Gasteiger partial charge in [-0.1, -0.05) is 18.2 Å². The quantitative estimate of drug-likeness (QED) is 0.779. The van der Waals surface area contributed by atoms with Crippen LogP contribution in [0.2, 0.25) is 0 Å². The van der Waals surface area contributed by atoms with E-state index >= 15 is 0 Å². The van der Waals surface area contributed by atoms with E-state index in [9.17, 15) is 0 Å². The molecule has 3 rings (SSSR count). The van der Waals surface area contributed by atoms with Gasteiger partial charge < -0.3 is 5.32 Å². The zero-order chi connectivity index (χ0) is 13.2. The highest BCUT2D eigenvalue weighted by Gasteiger charge is 2.15. The Morgan fingerprint density at radius 1 is 1.21 bits per heavy atom. The molecular weight excluding hydrogens is 252 g/mol. The smallest absolute Gasteiger partial charge is 0.0705 e. The average Bonchev–Trinajstić information content (AvgIpc) is 2.86. The van der Waals surface area contributed by atoms with Crippen molar-refractivity contribution in [3.05, 3.63) is 64.0 Å². The van der Waals surface area contributed by atoms with Gasteiger partial charge in [-0.25, -0.2) is 0 Å². The summed E-state index contributed by atoms with van der Waals surface area (Å²) >= 11 is 1.80. The third-order valence-electron chi connectivity index (χ3n) is 3.42. The molecule has 96 valence electrons. The molecule has 0 aliphatic carbocycles. The van der Waals surface area contributed by atoms with Crippen LogP contribution in [-0.4, -0.2) is 12.0 Å². The van der Waals surface area contributed by atoms with E-state index in [0.29, 0.717) is 0 Å². The number of hydrogen-bond acceptors (Lipinski definition) is 3. The Morgan fingerprint density at radius 3 is 2.84 bits per heavy atom. The highest BCUT2D eigenvalue weighted by molar-refractivity contribution is 7.10. The van der Waals surface area contributed by atoms with Crippen molar-refractivity contribution in [2.24, 2.45) is 0 Å². The van der Waals surface area contributed by atoms with E-state index in [0.717, 1.165) is 5.52 Å². The van der Waals surface area contributed by atoms with Gasteiger partial charge in [-0.3, -0.25) is 4.98 Å². The van der Waals surface area contributed by atoms with E-state index in [4.69, 9.17) is 0 Å². The second-order valence-corrected chi connectivity index (χ2v) is 5.59. The summed E-state index contributed by atoms with van der Waals surface area (Å²) in [6, 6.07) is 13.0. The lowest BCUT2D eigenvalue weighted by Gasteiger charge is -2.17. The Balaban J connectivity index is 2.09. The number of aromatic nitrogens is 1. The van der Waals surface area contributed by atoms with E-state index < -0.39 is 0 Å². The van der Waals surface area contributed by atoms with Gasteiger partial charge in [0, 0.05) is 16.5 Å². The molecule has 0 bridgehead atoms. The third-order valence-corrected chi connectivity index (χ3v) is 4.50. The Morgan fingerprint density at radius 2 is 2.11 bits per heavy atom. The van der Waals surface area contributed by atoms with Crippen LogP contribution in [0.3, 0.4) is 0 Å². The minimum Gasteiger partial charge on any atom is -0.309 e. The van der Waals surface area contributed by atoms with Crippen molar-refractivity contribution in [3.63, 3.8) is 0 Å². The van der Waals surface area contributed by atoms with Gasteiger partial charge in [0.2, 0.25) is 0 Å². The van der Waals surface area contributed by atoms with Crippen LogP contribution in [0.1, 0.15) is 22.0 Å². The third kappa shape index (κ3) is 2.27. The largest absolute Gasteiger partial charge is 0.309 e. The number of nitrogens with zero attached hydrogens (tertiary/aromatic N) is 1. The van der Waals surface area contributed by atoms with Crippen LogP contribution in [0.5, 0.6) is 0 Å². The van der Waals surface area contributed by atoms with Crippen LogP contribution in [0.4, 0.5) is 0 Å². The highest BCUT2D eigenvalue weighted by atomic mass is 32.1. The van der Waals surface area contributed by atoms with Gasteiger partial charge in [-0.15, -0.1) is 11.3 Å². The van der Waals surface area contributed by atoms with Crippen molar-refractivity contribution in [1.29, 1.82) is 0 Å². The van der Waals surface area contributed by atoms with Crippen molar-refractivity contribution in [1.82, 2.24) is 10.3 Å². The van der Waals surface area contributed by atoms with Gasteiger partial charge in [0.1, 0.15) is 0 Å². The standard InChI is InChI=1S/C16H16N2S/c1-11-7-9-19-16(11)15(17-2)13-6-5-12-4-3-8-18-14(12)10-13/h3-10,15,17H,1-2H3. The minimum absolute atomic E-state index is 0.242. The summed E-state index contributed by atoms with van der Waals surface area (Å²) in [5.74, 6) is 0. The molecule has 1 atom stereocenters. The van der Waals surface area contributed by atoms with E-state index in [1.807, 2.05) is 19.3 Å². The molecule has 1 N–H and O–H groups in total. The highest BCUT2D eigenvalue weighted by Crippen LogP contribution is 2.30. The summed E-state index contributed by atoms with van der Waals surface area (Å²) in [6.45, 7) is 2.16. The molecule has 19 heavy (non-hydrogen) atoms. The summed E-state index contributed by atoms with van der Waals surface area (Å²) < 4.78 is 0. The van der Waals surface area contributed by atoms with Gasteiger partial charge in [0.25, 0.3) is 0 Å². The summed E-state index contributed by atoms with van der Waals surface area (Å²) in [4.78, 5) is 5.81. The normalized spacial score (nSPS) is 12.7. The van der Waals surface area contributed by atoms with Crippen LogP contribution < -0.4 is 5.32 Å². The molecular formula is C16H16N2S. The van der Waals surface area contributed by atoms with Gasteiger partial charge in [-0.05, 0) is 48.7 Å². The fraction of sp³-hybridized carbons (Fsp3) is 0.188. The molecule has 0 saturated heterocycles. The van der Waals surface area contributed by atoms with Crippen LogP contribution in [0.25, 0.3) is 10.9 Å². The van der Waals surface area contributed by atoms with Crippen molar-refractivity contribution in [2.75, 3.05) is 7.05 Å². The fourth-order valence-corrected chi connectivity index (χ4v) is 3.46. The molecule has 0 spiro atoms. The first-order chi connectivity index (χ1) is 9.29. The number of fused-ring (bicyclic) bond motifs is 1. The van der Waals surface area contributed by atoms with Crippen molar-refractivity contribution in [3.8, 4) is 0 Å². The number of rotatable bonds is 3. The molecule has 2 nitrogen and oxygen atoms in total. The molecule has 0 radical (unpaired) electrons. The monoisotopic (exact) mass is 268 g/mol. The first-order valence-corrected chi connectivity index (χ1v) is 7.23. The molecule has 1 unspecified atom stereocenters. The minimum atomic E-state index is 0.242. The number of nitrogens with one attached hydrogen (secondary N) is 1. The van der Waals surface area contributed by atoms with Crippen molar-refractivity contribution >= 4 is 22.2 Å². The lowest BCUT2D eigenvalue weighted by molar-refractivity contribution is 0.701. The molecule has 0 aliphatic rings. The second-order valence-electron chi connectivity index (χ2n) is 4.65. The maximum Gasteiger partial charge on any atom is 0.0705 e. The molecule has 3 aromatic rings. The van der Waals surface area contributed by atoms with E-state index in [2.05, 4.69) is 52.9 Å². The molecule has 0 fully saturated rings. The zero-order valence-electron chi connectivity index (χ0n) is 11.1. The molecule has 2 aromatic heterocycles. The van der Waals surface area contributed by atoms with Crippen LogP contribution >= 0.6 is 11.3 Å². The summed E-state index contributed by atoms with van der Waals surface area (Å²) in [6.07, 6.45) is 1.84. The van der Waals surface area contributed by atoms with Crippen molar-refractivity contribution < 1.29 is 0 Å². The predicted molar refractivity (Wildman–Crippen MR) is 81.7 cm³/mol. The zero-order valence-corrected chi connectivity index (χ0v) is 11.9. The maximum absolute atomic E-state index is 4.44. The summed E-state index contributed by atoms with van der Waals surface area (Å²) in [5.41, 5.74) is 3.65. The number of benzene rings is 1. The Labute approximate surface area is 117 Å². The lowest BCUT2D eigenvalue weighted by Crippen LogP contribution is -2.17. The summed E-state index contributed by atoms with van der Waals surface area (Å²) in [5, 5.41) is 6.74. The lowest BCUT2D eigenvalue weighted by atomic mass is 10.0. The van der Waals surface area contributed by atoms with E-state index in [1.165, 1.54) is 21.4 Å². The molecule has 1 aromatic carbocycles. The Bertz CT molecular complexity index is 703. The van der Waals surface area contributed by atoms with Gasteiger partial charge >= 0.3 is 0 Å². The average molecular weight is 268 g/mol. The fourth-order valence-electron chi connectivity index (χ4n) is 2.39. The predicted octanol–water partition coefficient (Wildman–Crippen LogP) is 3.91. The van der Waals surface area contributed by atoms with Crippen LogP contribution in [0.15, 0.2) is 48.0 Å². The molecule has 2 heterocycles. The van der Waals surface area contributed by atoms with Gasteiger partial charge in [0.15, 0.2) is 0 Å². The van der Waals surface area contributed by atoms with Crippen molar-refractivity contribution in [2.45, 2.75) is 13.0 Å². The number of aryl methyl sites for hydroxylation is 1. The molecule has 0 amide bonds. The first kappa shape index (κ1) is 12.3. The van der Waals surface area contributed by atoms with E-state index in [1.54, 1.807) is 11.3 Å². The number of thiophene rings is 1. The number of pyridine rings is 1. The van der Waals surface area contributed by atoms with Crippen LogP contribution in [0, 0.1) is 6.92 Å².